The van der Waals surface area contributed by atoms with E-state index in [1.54, 1.807) is 0 Å². The molecule has 0 saturated carbocycles. The SMILES string of the molecule is Nc1cnc(Nc2cc(F)c(O)c(F)c2)nc1N. The molecule has 0 amide bonds. The molecule has 0 saturated heterocycles. The Kier molecular flexibility index (Phi) is 2.84. The second kappa shape index (κ2) is 4.32. The maximum absolute atomic E-state index is 13.1. The first kappa shape index (κ1) is 11.8. The minimum Gasteiger partial charge on any atom is -0.503 e. The van der Waals surface area contributed by atoms with E-state index in [1.807, 2.05) is 0 Å². The number of nitrogens with one attached hydrogen (secondary N) is 1. The van der Waals surface area contributed by atoms with Gasteiger partial charge in [-0.3, -0.25) is 0 Å². The number of nitrogens with zero attached hydrogens (tertiary/aromatic N) is 2. The van der Waals surface area contributed by atoms with Crippen molar-refractivity contribution in [3.05, 3.63) is 30.0 Å². The summed E-state index contributed by atoms with van der Waals surface area (Å²) in [6, 6.07) is 1.79. The molecule has 0 bridgehead atoms. The van der Waals surface area contributed by atoms with Crippen LogP contribution in [-0.2, 0) is 0 Å². The van der Waals surface area contributed by atoms with Crippen LogP contribution in [0, 0.1) is 11.6 Å². The number of benzene rings is 1. The summed E-state index contributed by atoms with van der Waals surface area (Å²) in [4.78, 5) is 7.55. The third-order valence-electron chi connectivity index (χ3n) is 2.12. The predicted octanol–water partition coefficient (Wildman–Crippen LogP) is 1.37. The Balaban J connectivity index is 2.31. The molecule has 0 fully saturated rings. The van der Waals surface area contributed by atoms with E-state index in [4.69, 9.17) is 16.6 Å². The van der Waals surface area contributed by atoms with Gasteiger partial charge in [0.05, 0.1) is 11.9 Å². The highest BCUT2D eigenvalue weighted by Crippen LogP contribution is 2.25. The summed E-state index contributed by atoms with van der Waals surface area (Å²) in [5, 5.41) is 11.5. The number of aromatic hydroxyl groups is 1. The van der Waals surface area contributed by atoms with Gasteiger partial charge in [0.1, 0.15) is 0 Å². The van der Waals surface area contributed by atoms with Crippen LogP contribution in [0.1, 0.15) is 0 Å². The van der Waals surface area contributed by atoms with E-state index in [0.29, 0.717) is 0 Å². The summed E-state index contributed by atoms with van der Waals surface area (Å²) in [6.07, 6.45) is 1.26. The number of nitrogen functional groups attached to an aromatic ring is 2. The summed E-state index contributed by atoms with van der Waals surface area (Å²) in [5.74, 6) is -3.15. The van der Waals surface area contributed by atoms with Crippen LogP contribution < -0.4 is 16.8 Å². The molecule has 0 spiro atoms. The Labute approximate surface area is 100 Å². The number of nitrogens with two attached hydrogens (primary N) is 2. The van der Waals surface area contributed by atoms with Gasteiger partial charge in [-0.15, -0.1) is 0 Å². The van der Waals surface area contributed by atoms with E-state index >= 15 is 0 Å². The number of phenolic OH excluding ortho intramolecular Hbond substituents is 1. The van der Waals surface area contributed by atoms with Crippen molar-refractivity contribution in [1.29, 1.82) is 0 Å². The lowest BCUT2D eigenvalue weighted by Gasteiger charge is -2.07. The van der Waals surface area contributed by atoms with Crippen LogP contribution in [0.4, 0.5) is 31.9 Å². The highest BCUT2D eigenvalue weighted by Gasteiger charge is 2.10. The first-order valence-corrected chi connectivity index (χ1v) is 4.80. The Morgan fingerprint density at radius 1 is 1.17 bits per heavy atom. The van der Waals surface area contributed by atoms with Crippen molar-refractivity contribution >= 4 is 23.1 Å². The lowest BCUT2D eigenvalue weighted by atomic mass is 10.3. The Bertz CT molecular complexity index is 582. The zero-order valence-corrected chi connectivity index (χ0v) is 8.98. The van der Waals surface area contributed by atoms with Crippen molar-refractivity contribution in [2.24, 2.45) is 0 Å². The number of halogens is 2. The molecule has 1 aromatic heterocycles. The minimum absolute atomic E-state index is 0.0335. The second-order valence-electron chi connectivity index (χ2n) is 3.45. The molecule has 0 atom stereocenters. The molecule has 6 N–H and O–H groups in total. The smallest absolute Gasteiger partial charge is 0.229 e. The molecule has 1 aromatic carbocycles. The quantitative estimate of drug-likeness (QED) is 0.601. The molecule has 0 aliphatic heterocycles. The van der Waals surface area contributed by atoms with Crippen molar-refractivity contribution < 1.29 is 13.9 Å². The van der Waals surface area contributed by atoms with Gasteiger partial charge in [0, 0.05) is 17.8 Å². The van der Waals surface area contributed by atoms with Crippen molar-refractivity contribution in [3.63, 3.8) is 0 Å². The van der Waals surface area contributed by atoms with Gasteiger partial charge in [-0.25, -0.2) is 13.8 Å². The van der Waals surface area contributed by atoms with Gasteiger partial charge in [0.15, 0.2) is 23.2 Å². The summed E-state index contributed by atoms with van der Waals surface area (Å²) in [5.41, 5.74) is 11.1. The maximum Gasteiger partial charge on any atom is 0.229 e. The second-order valence-corrected chi connectivity index (χ2v) is 3.45. The van der Waals surface area contributed by atoms with Crippen molar-refractivity contribution in [2.45, 2.75) is 0 Å². The minimum atomic E-state index is -1.10. The third-order valence-corrected chi connectivity index (χ3v) is 2.12. The largest absolute Gasteiger partial charge is 0.503 e. The van der Waals surface area contributed by atoms with Crippen LogP contribution >= 0.6 is 0 Å². The van der Waals surface area contributed by atoms with E-state index in [2.05, 4.69) is 15.3 Å². The average Bonchev–Trinajstić information content (AvgIpc) is 2.31. The van der Waals surface area contributed by atoms with E-state index in [-0.39, 0.29) is 23.1 Å². The maximum atomic E-state index is 13.1. The molecule has 0 aliphatic carbocycles. The molecule has 94 valence electrons. The lowest BCUT2D eigenvalue weighted by molar-refractivity contribution is 0.396. The van der Waals surface area contributed by atoms with Gasteiger partial charge in [0.25, 0.3) is 0 Å². The highest BCUT2D eigenvalue weighted by molar-refractivity contribution is 5.62. The molecule has 2 rings (SSSR count). The molecule has 1 heterocycles. The van der Waals surface area contributed by atoms with E-state index in [9.17, 15) is 8.78 Å². The zero-order valence-electron chi connectivity index (χ0n) is 8.98. The monoisotopic (exact) mass is 253 g/mol. The fraction of sp³-hybridized carbons (Fsp3) is 0. The molecule has 2 aromatic rings. The molecule has 18 heavy (non-hydrogen) atoms. The first-order chi connectivity index (χ1) is 8.47. The topological polar surface area (TPSA) is 110 Å². The van der Waals surface area contributed by atoms with Crippen molar-refractivity contribution in [1.82, 2.24) is 9.97 Å². The fourth-order valence-electron chi connectivity index (χ4n) is 1.23. The standard InChI is InChI=1S/C10H9F2N5O/c11-5-1-4(2-6(12)8(5)18)16-10-15-3-7(13)9(14)17-10/h1-3,18H,13H2,(H3,14,15,16,17). The summed E-state index contributed by atoms with van der Waals surface area (Å²) >= 11 is 0. The van der Waals surface area contributed by atoms with E-state index in [1.165, 1.54) is 6.20 Å². The lowest BCUT2D eigenvalue weighted by Crippen LogP contribution is -2.04. The molecule has 0 radical (unpaired) electrons. The van der Waals surface area contributed by atoms with Crippen LogP contribution in [-0.4, -0.2) is 15.1 Å². The van der Waals surface area contributed by atoms with Gasteiger partial charge < -0.3 is 21.9 Å². The molecule has 6 nitrogen and oxygen atoms in total. The summed E-state index contributed by atoms with van der Waals surface area (Å²) in [7, 11) is 0. The number of phenols is 1. The molecular weight excluding hydrogens is 244 g/mol. The molecule has 8 heteroatoms. The number of hydrogen-bond acceptors (Lipinski definition) is 6. The van der Waals surface area contributed by atoms with Gasteiger partial charge in [-0.2, -0.15) is 4.98 Å². The van der Waals surface area contributed by atoms with Crippen LogP contribution in [0.2, 0.25) is 0 Å². The highest BCUT2D eigenvalue weighted by atomic mass is 19.1. The van der Waals surface area contributed by atoms with Crippen LogP contribution in [0.25, 0.3) is 0 Å². The Hall–Kier alpha value is -2.64. The Morgan fingerprint density at radius 2 is 1.78 bits per heavy atom. The van der Waals surface area contributed by atoms with Gasteiger partial charge >= 0.3 is 0 Å². The summed E-state index contributed by atoms with van der Waals surface area (Å²) < 4.78 is 26.1. The zero-order chi connectivity index (χ0) is 13.3. The number of rotatable bonds is 2. The van der Waals surface area contributed by atoms with Crippen LogP contribution in [0.15, 0.2) is 18.3 Å². The molecule has 0 unspecified atom stereocenters. The number of hydrogen-bond donors (Lipinski definition) is 4. The molecular formula is C10H9F2N5O. The van der Waals surface area contributed by atoms with E-state index in [0.717, 1.165) is 12.1 Å². The van der Waals surface area contributed by atoms with Gasteiger partial charge in [-0.1, -0.05) is 0 Å². The normalized spacial score (nSPS) is 10.3. The summed E-state index contributed by atoms with van der Waals surface area (Å²) in [6.45, 7) is 0. The average molecular weight is 253 g/mol. The van der Waals surface area contributed by atoms with E-state index < -0.39 is 17.4 Å². The van der Waals surface area contributed by atoms with Crippen LogP contribution in [0.3, 0.4) is 0 Å². The number of aromatic nitrogens is 2. The first-order valence-electron chi connectivity index (χ1n) is 4.80. The fourth-order valence-corrected chi connectivity index (χ4v) is 1.23. The molecule has 0 aliphatic rings. The van der Waals surface area contributed by atoms with Crippen molar-refractivity contribution in [3.8, 4) is 5.75 Å². The third kappa shape index (κ3) is 2.21. The Morgan fingerprint density at radius 3 is 2.33 bits per heavy atom. The van der Waals surface area contributed by atoms with Crippen molar-refractivity contribution in [2.75, 3.05) is 16.8 Å². The van der Waals surface area contributed by atoms with Gasteiger partial charge in [-0.05, 0) is 0 Å². The number of anilines is 4. The van der Waals surface area contributed by atoms with Crippen LogP contribution in [0.5, 0.6) is 5.75 Å². The van der Waals surface area contributed by atoms with Gasteiger partial charge in [0.2, 0.25) is 5.95 Å². The predicted molar refractivity (Wildman–Crippen MR) is 62.2 cm³/mol.